The van der Waals surface area contributed by atoms with Crippen LogP contribution in [0, 0.1) is 11.8 Å². The minimum Gasteiger partial charge on any atom is -0.396 e. The summed E-state index contributed by atoms with van der Waals surface area (Å²) in [7, 11) is 0. The lowest BCUT2D eigenvalue weighted by atomic mass is 9.98. The normalized spacial score (nSPS) is 26.1. The van der Waals surface area contributed by atoms with Gasteiger partial charge in [0.05, 0.1) is 0 Å². The number of nitrogens with zero attached hydrogens (tertiary/aromatic N) is 1. The molecule has 3 heteroatoms. The molecule has 0 amide bonds. The third kappa shape index (κ3) is 2.61. The zero-order chi connectivity index (χ0) is 11.4. The van der Waals surface area contributed by atoms with E-state index in [1.165, 1.54) is 5.56 Å². The highest BCUT2D eigenvalue weighted by atomic mass is 16.3. The van der Waals surface area contributed by atoms with Crippen LogP contribution in [-0.2, 0) is 6.54 Å². The van der Waals surface area contributed by atoms with E-state index in [-0.39, 0.29) is 25.0 Å². The topological polar surface area (TPSA) is 43.7 Å². The fourth-order valence-electron chi connectivity index (χ4n) is 2.42. The summed E-state index contributed by atoms with van der Waals surface area (Å²) in [4.78, 5) is 2.30. The second-order valence-electron chi connectivity index (χ2n) is 4.56. The molecule has 0 aromatic heterocycles. The molecule has 0 bridgehead atoms. The van der Waals surface area contributed by atoms with Gasteiger partial charge in [0.15, 0.2) is 0 Å². The predicted octanol–water partition coefficient (Wildman–Crippen LogP) is 0.719. The summed E-state index contributed by atoms with van der Waals surface area (Å²) in [5.41, 5.74) is 1.29. The van der Waals surface area contributed by atoms with E-state index in [0.29, 0.717) is 0 Å². The molecule has 88 valence electrons. The summed E-state index contributed by atoms with van der Waals surface area (Å²) in [6.45, 7) is 3.04. The minimum atomic E-state index is 0.177. The van der Waals surface area contributed by atoms with E-state index in [1.807, 2.05) is 18.2 Å². The molecule has 1 heterocycles. The van der Waals surface area contributed by atoms with E-state index in [2.05, 4.69) is 17.0 Å². The molecule has 1 unspecified atom stereocenters. The first kappa shape index (κ1) is 11.6. The molecule has 0 saturated carbocycles. The van der Waals surface area contributed by atoms with Gasteiger partial charge < -0.3 is 10.2 Å². The van der Waals surface area contributed by atoms with Gasteiger partial charge in [0.1, 0.15) is 0 Å². The van der Waals surface area contributed by atoms with Crippen LogP contribution in [0.15, 0.2) is 30.3 Å². The third-order valence-corrected chi connectivity index (χ3v) is 3.37. The van der Waals surface area contributed by atoms with Crippen LogP contribution >= 0.6 is 0 Å². The highest BCUT2D eigenvalue weighted by molar-refractivity contribution is 5.14. The Labute approximate surface area is 96.3 Å². The van der Waals surface area contributed by atoms with Gasteiger partial charge in [0.2, 0.25) is 0 Å². The number of rotatable bonds is 4. The Bertz CT molecular complexity index is 303. The summed E-state index contributed by atoms with van der Waals surface area (Å²) in [6.07, 6.45) is 0. The third-order valence-electron chi connectivity index (χ3n) is 3.37. The van der Waals surface area contributed by atoms with Gasteiger partial charge in [-0.25, -0.2) is 0 Å². The van der Waals surface area contributed by atoms with Crippen molar-refractivity contribution >= 4 is 0 Å². The van der Waals surface area contributed by atoms with Gasteiger partial charge in [-0.15, -0.1) is 0 Å². The van der Waals surface area contributed by atoms with Crippen molar-refractivity contribution in [3.05, 3.63) is 35.9 Å². The van der Waals surface area contributed by atoms with Crippen molar-refractivity contribution in [2.24, 2.45) is 11.8 Å². The average molecular weight is 221 g/mol. The molecule has 1 aliphatic heterocycles. The van der Waals surface area contributed by atoms with Crippen LogP contribution < -0.4 is 0 Å². The fraction of sp³-hybridized carbons (Fsp3) is 0.538. The monoisotopic (exact) mass is 221 g/mol. The van der Waals surface area contributed by atoms with Crippen molar-refractivity contribution in [1.29, 1.82) is 0 Å². The van der Waals surface area contributed by atoms with Gasteiger partial charge in [-0.3, -0.25) is 4.90 Å². The molecule has 1 aromatic carbocycles. The van der Waals surface area contributed by atoms with Gasteiger partial charge in [-0.05, 0) is 5.56 Å². The number of likely N-dealkylation sites (tertiary alicyclic amines) is 1. The predicted molar refractivity (Wildman–Crippen MR) is 62.9 cm³/mol. The Kier molecular flexibility index (Phi) is 3.93. The Balaban J connectivity index is 1.93. The Morgan fingerprint density at radius 2 is 1.56 bits per heavy atom. The molecule has 16 heavy (non-hydrogen) atoms. The maximum Gasteiger partial charge on any atom is 0.0475 e. The molecule has 3 nitrogen and oxygen atoms in total. The minimum absolute atomic E-state index is 0.177. The fourth-order valence-corrected chi connectivity index (χ4v) is 2.42. The largest absolute Gasteiger partial charge is 0.396 e. The second kappa shape index (κ2) is 5.43. The number of benzene rings is 1. The van der Waals surface area contributed by atoms with Crippen LogP contribution in [0.2, 0.25) is 0 Å². The number of aliphatic hydroxyl groups is 2. The first-order valence-electron chi connectivity index (χ1n) is 5.81. The van der Waals surface area contributed by atoms with Crippen molar-refractivity contribution in [3.63, 3.8) is 0 Å². The highest BCUT2D eigenvalue weighted by Gasteiger charge is 2.31. The summed E-state index contributed by atoms with van der Waals surface area (Å²) in [5, 5.41) is 18.4. The van der Waals surface area contributed by atoms with Gasteiger partial charge in [-0.1, -0.05) is 30.3 Å². The highest BCUT2D eigenvalue weighted by Crippen LogP contribution is 2.23. The van der Waals surface area contributed by atoms with Gasteiger partial charge in [0.25, 0.3) is 0 Å². The van der Waals surface area contributed by atoms with Crippen LogP contribution in [0.1, 0.15) is 5.56 Å². The van der Waals surface area contributed by atoms with Crippen molar-refractivity contribution in [3.8, 4) is 0 Å². The zero-order valence-electron chi connectivity index (χ0n) is 9.42. The Morgan fingerprint density at radius 3 is 2.06 bits per heavy atom. The lowest BCUT2D eigenvalue weighted by molar-refractivity contribution is 0.152. The SMILES string of the molecule is OCC1CN(Cc2ccccc2)C[C@H]1CO. The number of hydrogen-bond acceptors (Lipinski definition) is 3. The smallest absolute Gasteiger partial charge is 0.0475 e. The first-order valence-corrected chi connectivity index (χ1v) is 5.81. The molecule has 2 rings (SSSR count). The maximum atomic E-state index is 9.21. The molecule has 1 fully saturated rings. The molecule has 0 radical (unpaired) electrons. The lowest BCUT2D eigenvalue weighted by Gasteiger charge is -2.15. The van der Waals surface area contributed by atoms with E-state index in [1.54, 1.807) is 0 Å². The summed E-state index contributed by atoms with van der Waals surface area (Å²) < 4.78 is 0. The van der Waals surface area contributed by atoms with Crippen LogP contribution in [0.4, 0.5) is 0 Å². The molecule has 1 aromatic rings. The maximum absolute atomic E-state index is 9.21. The molecular formula is C13H19NO2. The summed E-state index contributed by atoms with van der Waals surface area (Å²) in [6, 6.07) is 10.3. The van der Waals surface area contributed by atoms with E-state index < -0.39 is 0 Å². The second-order valence-corrected chi connectivity index (χ2v) is 4.56. The van der Waals surface area contributed by atoms with Crippen LogP contribution in [-0.4, -0.2) is 41.4 Å². The molecule has 0 spiro atoms. The average Bonchev–Trinajstić information content (AvgIpc) is 2.72. The Morgan fingerprint density at radius 1 is 1.00 bits per heavy atom. The van der Waals surface area contributed by atoms with Crippen LogP contribution in [0.5, 0.6) is 0 Å². The van der Waals surface area contributed by atoms with Crippen LogP contribution in [0.3, 0.4) is 0 Å². The number of aliphatic hydroxyl groups excluding tert-OH is 2. The van der Waals surface area contributed by atoms with Crippen molar-refractivity contribution < 1.29 is 10.2 Å². The van der Waals surface area contributed by atoms with E-state index in [9.17, 15) is 10.2 Å². The van der Waals surface area contributed by atoms with Crippen molar-refractivity contribution in [2.45, 2.75) is 6.54 Å². The van der Waals surface area contributed by atoms with Gasteiger partial charge in [0, 0.05) is 44.7 Å². The molecule has 0 aliphatic carbocycles. The molecule has 1 aliphatic rings. The van der Waals surface area contributed by atoms with Crippen LogP contribution in [0.25, 0.3) is 0 Å². The van der Waals surface area contributed by atoms with Crippen molar-refractivity contribution in [2.75, 3.05) is 26.3 Å². The quantitative estimate of drug-likeness (QED) is 0.787. The van der Waals surface area contributed by atoms with Crippen molar-refractivity contribution in [1.82, 2.24) is 4.90 Å². The first-order chi connectivity index (χ1) is 7.83. The summed E-state index contributed by atoms with van der Waals surface area (Å²) in [5.74, 6) is 0.461. The molecule has 1 saturated heterocycles. The van der Waals surface area contributed by atoms with Gasteiger partial charge >= 0.3 is 0 Å². The molecule has 2 N–H and O–H groups in total. The van der Waals surface area contributed by atoms with E-state index >= 15 is 0 Å². The van der Waals surface area contributed by atoms with E-state index in [4.69, 9.17) is 0 Å². The zero-order valence-corrected chi connectivity index (χ0v) is 9.42. The Hall–Kier alpha value is -0.900. The standard InChI is InChI=1S/C13H19NO2/c15-9-12-7-14(8-13(12)10-16)6-11-4-2-1-3-5-11/h1-5,12-13,15-16H,6-10H2/t12-,13?/m0/s1. The van der Waals surface area contributed by atoms with Gasteiger partial charge in [-0.2, -0.15) is 0 Å². The van der Waals surface area contributed by atoms with E-state index in [0.717, 1.165) is 19.6 Å². The molecular weight excluding hydrogens is 202 g/mol. The molecule has 2 atom stereocenters. The lowest BCUT2D eigenvalue weighted by Crippen LogP contribution is -2.20. The summed E-state index contributed by atoms with van der Waals surface area (Å²) >= 11 is 0. The number of hydrogen-bond donors (Lipinski definition) is 2.